The fourth-order valence-electron chi connectivity index (χ4n) is 1.61. The van der Waals surface area contributed by atoms with Crippen LogP contribution in [0.1, 0.15) is 11.6 Å². The average Bonchev–Trinajstić information content (AvgIpc) is 2.32. The van der Waals surface area contributed by atoms with Crippen molar-refractivity contribution in [2.24, 2.45) is 0 Å². The van der Waals surface area contributed by atoms with E-state index in [0.29, 0.717) is 19.2 Å². The zero-order valence-corrected chi connectivity index (χ0v) is 8.20. The standard InChI is InChI=1S/C10H9F4NO/c11-6-3-5(7-4-16-2-1-15-7)8(12)10(14)9(6)13/h3,7,15H,1-2,4H2. The van der Waals surface area contributed by atoms with Crippen LogP contribution in [-0.2, 0) is 4.74 Å². The molecule has 1 fully saturated rings. The lowest BCUT2D eigenvalue weighted by atomic mass is 10.1. The van der Waals surface area contributed by atoms with Gasteiger partial charge in [0.25, 0.3) is 0 Å². The minimum absolute atomic E-state index is 0.0986. The third kappa shape index (κ3) is 1.90. The molecule has 2 rings (SSSR count). The van der Waals surface area contributed by atoms with E-state index in [1.807, 2.05) is 0 Å². The van der Waals surface area contributed by atoms with Gasteiger partial charge in [0.05, 0.1) is 19.3 Å². The molecule has 6 heteroatoms. The molecule has 1 unspecified atom stereocenters. The summed E-state index contributed by atoms with van der Waals surface area (Å²) in [5.74, 6) is -6.36. The highest BCUT2D eigenvalue weighted by molar-refractivity contribution is 5.25. The Hall–Kier alpha value is -1.14. The fraction of sp³-hybridized carbons (Fsp3) is 0.400. The molecule has 0 radical (unpaired) electrons. The van der Waals surface area contributed by atoms with E-state index in [0.717, 1.165) is 0 Å². The molecule has 1 N–H and O–H groups in total. The van der Waals surface area contributed by atoms with Gasteiger partial charge < -0.3 is 10.1 Å². The largest absolute Gasteiger partial charge is 0.378 e. The van der Waals surface area contributed by atoms with Gasteiger partial charge in [-0.15, -0.1) is 0 Å². The van der Waals surface area contributed by atoms with Crippen LogP contribution < -0.4 is 5.32 Å². The van der Waals surface area contributed by atoms with Crippen LogP contribution in [-0.4, -0.2) is 19.8 Å². The van der Waals surface area contributed by atoms with Crippen molar-refractivity contribution in [3.8, 4) is 0 Å². The van der Waals surface area contributed by atoms with Crippen LogP contribution in [0.25, 0.3) is 0 Å². The molecular formula is C10H9F4NO. The maximum atomic E-state index is 13.3. The van der Waals surface area contributed by atoms with Gasteiger partial charge >= 0.3 is 0 Å². The van der Waals surface area contributed by atoms with Gasteiger partial charge in [-0.25, -0.2) is 17.6 Å². The molecule has 16 heavy (non-hydrogen) atoms. The van der Waals surface area contributed by atoms with Gasteiger partial charge in [-0.05, 0) is 6.07 Å². The van der Waals surface area contributed by atoms with E-state index in [9.17, 15) is 17.6 Å². The number of ether oxygens (including phenoxy) is 1. The molecule has 0 bridgehead atoms. The van der Waals surface area contributed by atoms with Crippen molar-refractivity contribution in [1.82, 2.24) is 5.32 Å². The van der Waals surface area contributed by atoms with Crippen molar-refractivity contribution in [2.75, 3.05) is 19.8 Å². The quantitative estimate of drug-likeness (QED) is 0.456. The second-order valence-electron chi connectivity index (χ2n) is 3.47. The van der Waals surface area contributed by atoms with Gasteiger partial charge in [0.15, 0.2) is 23.3 Å². The zero-order valence-electron chi connectivity index (χ0n) is 8.20. The molecule has 88 valence electrons. The highest BCUT2D eigenvalue weighted by Gasteiger charge is 2.25. The molecule has 0 saturated carbocycles. The Morgan fingerprint density at radius 1 is 1.12 bits per heavy atom. The van der Waals surface area contributed by atoms with Gasteiger partial charge in [0.1, 0.15) is 0 Å². The lowest BCUT2D eigenvalue weighted by Gasteiger charge is -2.24. The van der Waals surface area contributed by atoms with E-state index in [1.54, 1.807) is 0 Å². The SMILES string of the molecule is Fc1cc(C2COCCN2)c(F)c(F)c1F. The summed E-state index contributed by atoms with van der Waals surface area (Å²) < 4.78 is 57.0. The summed E-state index contributed by atoms with van der Waals surface area (Å²) >= 11 is 0. The van der Waals surface area contributed by atoms with E-state index >= 15 is 0 Å². The van der Waals surface area contributed by atoms with Crippen LogP contribution in [0.5, 0.6) is 0 Å². The first kappa shape index (κ1) is 11.3. The van der Waals surface area contributed by atoms with Gasteiger partial charge in [0.2, 0.25) is 0 Å². The number of benzene rings is 1. The molecule has 1 saturated heterocycles. The third-order valence-electron chi connectivity index (χ3n) is 2.43. The summed E-state index contributed by atoms with van der Waals surface area (Å²) in [4.78, 5) is 0. The van der Waals surface area contributed by atoms with Crippen molar-refractivity contribution in [2.45, 2.75) is 6.04 Å². The molecule has 1 atom stereocenters. The Kier molecular flexibility index (Phi) is 3.11. The number of nitrogens with one attached hydrogen (secondary N) is 1. The van der Waals surface area contributed by atoms with Crippen LogP contribution in [0.2, 0.25) is 0 Å². The normalized spacial score (nSPS) is 21.1. The number of halogens is 4. The van der Waals surface area contributed by atoms with E-state index < -0.39 is 29.3 Å². The molecule has 0 aromatic heterocycles. The Morgan fingerprint density at radius 3 is 2.50 bits per heavy atom. The van der Waals surface area contributed by atoms with Crippen LogP contribution in [0.15, 0.2) is 6.07 Å². The average molecular weight is 235 g/mol. The monoisotopic (exact) mass is 235 g/mol. The third-order valence-corrected chi connectivity index (χ3v) is 2.43. The van der Waals surface area contributed by atoms with Crippen LogP contribution in [0.3, 0.4) is 0 Å². The second-order valence-corrected chi connectivity index (χ2v) is 3.47. The molecule has 2 nitrogen and oxygen atoms in total. The smallest absolute Gasteiger partial charge is 0.197 e. The van der Waals surface area contributed by atoms with Crippen molar-refractivity contribution in [3.63, 3.8) is 0 Å². The van der Waals surface area contributed by atoms with E-state index in [2.05, 4.69) is 5.32 Å². The Balaban J connectivity index is 2.40. The first-order valence-corrected chi connectivity index (χ1v) is 4.75. The molecule has 0 aliphatic carbocycles. The maximum absolute atomic E-state index is 13.3. The van der Waals surface area contributed by atoms with Gasteiger partial charge in [-0.2, -0.15) is 0 Å². The first-order chi connectivity index (χ1) is 7.61. The molecule has 1 aliphatic heterocycles. The topological polar surface area (TPSA) is 21.3 Å². The van der Waals surface area contributed by atoms with Crippen molar-refractivity contribution in [1.29, 1.82) is 0 Å². The number of hydrogen-bond acceptors (Lipinski definition) is 2. The maximum Gasteiger partial charge on any atom is 0.197 e. The molecule has 1 aliphatic rings. The van der Waals surface area contributed by atoms with Gasteiger partial charge in [0, 0.05) is 12.1 Å². The van der Waals surface area contributed by atoms with Crippen LogP contribution in [0, 0.1) is 23.3 Å². The van der Waals surface area contributed by atoms with Crippen LogP contribution in [0.4, 0.5) is 17.6 Å². The highest BCUT2D eigenvalue weighted by Crippen LogP contribution is 2.24. The first-order valence-electron chi connectivity index (χ1n) is 4.75. The number of hydrogen-bond donors (Lipinski definition) is 1. The lowest BCUT2D eigenvalue weighted by molar-refractivity contribution is 0.0753. The summed E-state index contributed by atoms with van der Waals surface area (Å²) in [6, 6.07) is -0.00144. The summed E-state index contributed by atoms with van der Waals surface area (Å²) in [5.41, 5.74) is -0.254. The Labute approximate surface area is 89.2 Å². The minimum atomic E-state index is -1.79. The van der Waals surface area contributed by atoms with E-state index in [4.69, 9.17) is 4.74 Å². The van der Waals surface area contributed by atoms with Gasteiger partial charge in [-0.3, -0.25) is 0 Å². The van der Waals surface area contributed by atoms with Crippen molar-refractivity contribution >= 4 is 0 Å². The predicted octanol–water partition coefficient (Wildman–Crippen LogP) is 1.90. The summed E-state index contributed by atoms with van der Waals surface area (Å²) in [6.45, 7) is 0.996. The van der Waals surface area contributed by atoms with E-state index in [-0.39, 0.29) is 12.2 Å². The fourth-order valence-corrected chi connectivity index (χ4v) is 1.61. The summed E-state index contributed by atoms with van der Waals surface area (Å²) in [6.07, 6.45) is 0. The Morgan fingerprint density at radius 2 is 1.88 bits per heavy atom. The van der Waals surface area contributed by atoms with Crippen molar-refractivity contribution < 1.29 is 22.3 Å². The summed E-state index contributed by atoms with van der Waals surface area (Å²) in [5, 5.41) is 2.83. The second kappa shape index (κ2) is 4.39. The van der Waals surface area contributed by atoms with Crippen LogP contribution >= 0.6 is 0 Å². The highest BCUT2D eigenvalue weighted by atomic mass is 19.2. The van der Waals surface area contributed by atoms with Crippen molar-refractivity contribution in [3.05, 3.63) is 34.9 Å². The lowest BCUT2D eigenvalue weighted by Crippen LogP contribution is -2.35. The number of morpholine rings is 1. The number of rotatable bonds is 1. The zero-order chi connectivity index (χ0) is 11.7. The molecule has 0 amide bonds. The predicted molar refractivity (Wildman–Crippen MR) is 47.8 cm³/mol. The molecule has 1 aromatic rings. The summed E-state index contributed by atoms with van der Waals surface area (Å²) in [7, 11) is 0. The molecular weight excluding hydrogens is 226 g/mol. The van der Waals surface area contributed by atoms with E-state index in [1.165, 1.54) is 0 Å². The molecule has 0 spiro atoms. The Bertz CT molecular complexity index is 404. The molecule has 1 heterocycles. The minimum Gasteiger partial charge on any atom is -0.378 e. The van der Waals surface area contributed by atoms with Gasteiger partial charge in [-0.1, -0.05) is 0 Å². The molecule has 1 aromatic carbocycles.